The molecular weight excluding hydrogens is 362 g/mol. The van der Waals surface area contributed by atoms with E-state index in [4.69, 9.17) is 0 Å². The van der Waals surface area contributed by atoms with Crippen LogP contribution in [0.15, 0.2) is 42.6 Å². The molecule has 2 aromatic rings. The van der Waals surface area contributed by atoms with Gasteiger partial charge in [0.25, 0.3) is 0 Å². The highest BCUT2D eigenvalue weighted by atomic mass is 16.2. The second-order valence-corrected chi connectivity index (χ2v) is 8.52. The Bertz CT molecular complexity index is 847. The lowest BCUT2D eigenvalue weighted by molar-refractivity contribution is -0.144. The van der Waals surface area contributed by atoms with Gasteiger partial charge in [-0.15, -0.1) is 0 Å². The second kappa shape index (κ2) is 8.85. The standard InChI is InChI=1S/C24H31N3O2/c1-18-11-13-19(14-12-18)16-27-22(28)17-26-15-7-10-21(26)23(27)24(29)25-20-8-5-3-2-4-6-9-20/h7,10-15,20,23H,2-6,8-9,16-17H2,1H3,(H,25,29)/t23-/m1/s1. The Morgan fingerprint density at radius 3 is 2.45 bits per heavy atom. The predicted molar refractivity (Wildman–Crippen MR) is 113 cm³/mol. The van der Waals surface area contributed by atoms with Gasteiger partial charge in [-0.05, 0) is 37.5 Å². The lowest BCUT2D eigenvalue weighted by Gasteiger charge is -2.37. The van der Waals surface area contributed by atoms with Crippen molar-refractivity contribution in [1.82, 2.24) is 14.8 Å². The van der Waals surface area contributed by atoms with Crippen LogP contribution in [-0.4, -0.2) is 27.3 Å². The maximum absolute atomic E-state index is 13.4. The average molecular weight is 394 g/mol. The monoisotopic (exact) mass is 393 g/mol. The number of fused-ring (bicyclic) bond motifs is 1. The third kappa shape index (κ3) is 4.55. The van der Waals surface area contributed by atoms with Crippen molar-refractivity contribution in [1.29, 1.82) is 0 Å². The van der Waals surface area contributed by atoms with Gasteiger partial charge in [-0.1, -0.05) is 61.9 Å². The molecule has 1 aromatic heterocycles. The van der Waals surface area contributed by atoms with Gasteiger partial charge in [0.1, 0.15) is 6.54 Å². The van der Waals surface area contributed by atoms with E-state index in [0.717, 1.165) is 36.9 Å². The largest absolute Gasteiger partial charge is 0.351 e. The third-order valence-electron chi connectivity index (χ3n) is 6.26. The number of carbonyl (C=O) groups is 2. The molecule has 154 valence electrons. The minimum Gasteiger partial charge on any atom is -0.351 e. The molecule has 4 rings (SSSR count). The molecule has 5 heteroatoms. The maximum Gasteiger partial charge on any atom is 0.249 e. The van der Waals surface area contributed by atoms with Gasteiger partial charge in [-0.3, -0.25) is 9.59 Å². The molecule has 1 aliphatic carbocycles. The summed E-state index contributed by atoms with van der Waals surface area (Å²) >= 11 is 0. The van der Waals surface area contributed by atoms with Gasteiger partial charge in [0.15, 0.2) is 6.04 Å². The number of hydrogen-bond donors (Lipinski definition) is 1. The zero-order valence-corrected chi connectivity index (χ0v) is 17.3. The number of nitrogens with one attached hydrogen (secondary N) is 1. The number of amides is 2. The summed E-state index contributed by atoms with van der Waals surface area (Å²) in [4.78, 5) is 28.1. The van der Waals surface area contributed by atoms with Crippen LogP contribution < -0.4 is 5.32 Å². The summed E-state index contributed by atoms with van der Waals surface area (Å²) < 4.78 is 1.91. The molecule has 2 heterocycles. The van der Waals surface area contributed by atoms with E-state index in [9.17, 15) is 9.59 Å². The average Bonchev–Trinajstić information content (AvgIpc) is 3.13. The lowest BCUT2D eigenvalue weighted by atomic mass is 9.96. The number of rotatable bonds is 4. The number of nitrogens with zero attached hydrogens (tertiary/aromatic N) is 2. The minimum atomic E-state index is -0.571. The maximum atomic E-state index is 13.4. The molecule has 0 radical (unpaired) electrons. The van der Waals surface area contributed by atoms with Crippen molar-refractivity contribution in [2.45, 2.75) is 77.0 Å². The van der Waals surface area contributed by atoms with E-state index in [0.29, 0.717) is 13.1 Å². The van der Waals surface area contributed by atoms with Crippen molar-refractivity contribution in [3.63, 3.8) is 0 Å². The van der Waals surface area contributed by atoms with E-state index in [1.807, 2.05) is 42.0 Å². The van der Waals surface area contributed by atoms with E-state index in [-0.39, 0.29) is 17.9 Å². The quantitative estimate of drug-likeness (QED) is 0.850. The molecule has 1 atom stereocenters. The highest BCUT2D eigenvalue weighted by Gasteiger charge is 2.38. The molecule has 1 N–H and O–H groups in total. The summed E-state index contributed by atoms with van der Waals surface area (Å²) in [6.07, 6.45) is 10.1. The highest BCUT2D eigenvalue weighted by Crippen LogP contribution is 2.29. The van der Waals surface area contributed by atoms with Gasteiger partial charge in [-0.2, -0.15) is 0 Å². The zero-order chi connectivity index (χ0) is 20.2. The van der Waals surface area contributed by atoms with Gasteiger partial charge in [0.05, 0.1) is 5.69 Å². The molecular formula is C24H31N3O2. The molecule has 0 bridgehead atoms. The van der Waals surface area contributed by atoms with Crippen LogP contribution in [0.25, 0.3) is 0 Å². The highest BCUT2D eigenvalue weighted by molar-refractivity contribution is 5.90. The molecule has 2 aliphatic rings. The van der Waals surface area contributed by atoms with Crippen LogP contribution in [0.3, 0.4) is 0 Å². The van der Waals surface area contributed by atoms with E-state index in [1.54, 1.807) is 4.90 Å². The molecule has 0 spiro atoms. The molecule has 1 saturated carbocycles. The van der Waals surface area contributed by atoms with Crippen LogP contribution in [0.1, 0.15) is 67.8 Å². The summed E-state index contributed by atoms with van der Waals surface area (Å²) in [6.45, 7) is 2.79. The third-order valence-corrected chi connectivity index (χ3v) is 6.26. The molecule has 1 aromatic carbocycles. The normalized spacial score (nSPS) is 20.7. The molecule has 1 fully saturated rings. The Hall–Kier alpha value is -2.56. The fraction of sp³-hybridized carbons (Fsp3) is 0.500. The number of carbonyl (C=O) groups excluding carboxylic acids is 2. The Labute approximate surface area is 173 Å². The van der Waals surface area contributed by atoms with Crippen LogP contribution in [0.2, 0.25) is 0 Å². The summed E-state index contributed by atoms with van der Waals surface area (Å²) in [5.74, 6) is -0.0530. The minimum absolute atomic E-state index is 0.00732. The van der Waals surface area contributed by atoms with Crippen molar-refractivity contribution >= 4 is 11.8 Å². The summed E-state index contributed by atoms with van der Waals surface area (Å²) in [5, 5.41) is 3.29. The van der Waals surface area contributed by atoms with E-state index < -0.39 is 6.04 Å². The smallest absolute Gasteiger partial charge is 0.249 e. The molecule has 5 nitrogen and oxygen atoms in total. The lowest BCUT2D eigenvalue weighted by Crippen LogP contribution is -2.50. The van der Waals surface area contributed by atoms with Gasteiger partial charge < -0.3 is 14.8 Å². The van der Waals surface area contributed by atoms with Crippen LogP contribution in [0.4, 0.5) is 0 Å². The number of benzene rings is 1. The van der Waals surface area contributed by atoms with Crippen molar-refractivity contribution < 1.29 is 9.59 Å². The molecule has 1 aliphatic heterocycles. The topological polar surface area (TPSA) is 54.3 Å². The van der Waals surface area contributed by atoms with Crippen molar-refractivity contribution in [2.75, 3.05) is 0 Å². The SMILES string of the molecule is Cc1ccc(CN2C(=O)Cn3cccc3[C@@H]2C(=O)NC2CCCCCCC2)cc1. The molecule has 2 amide bonds. The van der Waals surface area contributed by atoms with Crippen LogP contribution >= 0.6 is 0 Å². The van der Waals surface area contributed by atoms with Crippen molar-refractivity contribution in [3.05, 3.63) is 59.4 Å². The summed E-state index contributed by atoms with van der Waals surface area (Å²) in [6, 6.07) is 11.7. The Morgan fingerprint density at radius 2 is 1.72 bits per heavy atom. The van der Waals surface area contributed by atoms with Crippen molar-refractivity contribution in [3.8, 4) is 0 Å². The van der Waals surface area contributed by atoms with Crippen LogP contribution in [0.5, 0.6) is 0 Å². The van der Waals surface area contributed by atoms with E-state index >= 15 is 0 Å². The fourth-order valence-electron chi connectivity index (χ4n) is 4.59. The first-order valence-electron chi connectivity index (χ1n) is 10.9. The van der Waals surface area contributed by atoms with Crippen LogP contribution in [0, 0.1) is 6.92 Å². The van der Waals surface area contributed by atoms with E-state index in [1.165, 1.54) is 24.8 Å². The van der Waals surface area contributed by atoms with Crippen molar-refractivity contribution in [2.24, 2.45) is 0 Å². The van der Waals surface area contributed by atoms with Crippen LogP contribution in [-0.2, 0) is 22.7 Å². The Kier molecular flexibility index (Phi) is 6.02. The molecule has 29 heavy (non-hydrogen) atoms. The van der Waals surface area contributed by atoms with Gasteiger partial charge >= 0.3 is 0 Å². The number of hydrogen-bond acceptors (Lipinski definition) is 2. The zero-order valence-electron chi connectivity index (χ0n) is 17.3. The van der Waals surface area contributed by atoms with Gasteiger partial charge in [0.2, 0.25) is 11.8 Å². The second-order valence-electron chi connectivity index (χ2n) is 8.52. The number of aromatic nitrogens is 1. The summed E-state index contributed by atoms with van der Waals surface area (Å²) in [5.41, 5.74) is 3.14. The first kappa shape index (κ1) is 19.7. The first-order chi connectivity index (χ1) is 14.1. The van der Waals surface area contributed by atoms with E-state index in [2.05, 4.69) is 17.4 Å². The first-order valence-corrected chi connectivity index (χ1v) is 10.9. The van der Waals surface area contributed by atoms with Gasteiger partial charge in [0, 0.05) is 18.8 Å². The Morgan fingerprint density at radius 1 is 1.03 bits per heavy atom. The Balaban J connectivity index is 1.56. The summed E-state index contributed by atoms with van der Waals surface area (Å²) in [7, 11) is 0. The molecule has 0 saturated heterocycles. The fourth-order valence-corrected chi connectivity index (χ4v) is 4.59. The predicted octanol–water partition coefficient (Wildman–Crippen LogP) is 4.11. The molecule has 0 unspecified atom stereocenters. The van der Waals surface area contributed by atoms with Gasteiger partial charge in [-0.25, -0.2) is 0 Å². The number of aryl methyl sites for hydroxylation is 1.